The van der Waals surface area contributed by atoms with Crippen molar-refractivity contribution in [2.45, 2.75) is 45.6 Å². The molecule has 0 spiro atoms. The average molecular weight is 187 g/mol. The highest BCUT2D eigenvalue weighted by molar-refractivity contribution is 5.79. The molecule has 4 heteroatoms. The first-order valence-electron chi connectivity index (χ1n) is 4.94. The number of oxime groups is 1. The minimum absolute atomic E-state index is 0.311. The molecule has 0 aliphatic rings. The Morgan fingerprint density at radius 1 is 1.46 bits per heavy atom. The van der Waals surface area contributed by atoms with Crippen LogP contribution in [0.1, 0.15) is 39.5 Å². The van der Waals surface area contributed by atoms with Gasteiger partial charge in [-0.05, 0) is 25.8 Å². The van der Waals surface area contributed by atoms with E-state index in [0.717, 1.165) is 25.8 Å². The normalized spacial score (nSPS) is 12.4. The van der Waals surface area contributed by atoms with E-state index >= 15 is 0 Å². The fourth-order valence-electron chi connectivity index (χ4n) is 1.20. The highest BCUT2D eigenvalue weighted by Gasteiger charge is 2.01. The highest BCUT2D eigenvalue weighted by Crippen LogP contribution is 1.96. The molecule has 0 amide bonds. The molecule has 0 bridgehead atoms. The zero-order chi connectivity index (χ0) is 10.1. The molecule has 0 aromatic heterocycles. The van der Waals surface area contributed by atoms with Crippen LogP contribution >= 0.6 is 0 Å². The van der Waals surface area contributed by atoms with Gasteiger partial charge in [0, 0.05) is 12.5 Å². The number of hydrogen-bond donors (Lipinski definition) is 3. The minimum atomic E-state index is 0.311. The maximum absolute atomic E-state index is 8.28. The summed E-state index contributed by atoms with van der Waals surface area (Å²) in [7, 11) is 0. The lowest BCUT2D eigenvalue weighted by molar-refractivity contribution is 0.316. The monoisotopic (exact) mass is 187 g/mol. The number of nitrogens with zero attached hydrogens (tertiary/aromatic N) is 1. The standard InChI is InChI=1S/C9H21N3O/c1-3-8(4-2)11-7-5-6-9(10)12-13/h8,11,13H,3-7H2,1-2H3,(H2,10,12). The van der Waals surface area contributed by atoms with Gasteiger partial charge < -0.3 is 16.3 Å². The van der Waals surface area contributed by atoms with Crippen LogP contribution in [0.25, 0.3) is 0 Å². The fourth-order valence-corrected chi connectivity index (χ4v) is 1.20. The molecule has 0 aromatic rings. The zero-order valence-corrected chi connectivity index (χ0v) is 8.58. The van der Waals surface area contributed by atoms with E-state index in [0.29, 0.717) is 18.3 Å². The van der Waals surface area contributed by atoms with Gasteiger partial charge in [0.1, 0.15) is 5.84 Å². The number of amidine groups is 1. The first-order valence-corrected chi connectivity index (χ1v) is 4.94. The van der Waals surface area contributed by atoms with Crippen LogP contribution in [0, 0.1) is 0 Å². The number of hydrogen-bond acceptors (Lipinski definition) is 3. The Hall–Kier alpha value is -0.770. The van der Waals surface area contributed by atoms with Crippen LogP contribution in [-0.2, 0) is 0 Å². The lowest BCUT2D eigenvalue weighted by atomic mass is 10.1. The van der Waals surface area contributed by atoms with Crippen molar-refractivity contribution in [3.8, 4) is 0 Å². The summed E-state index contributed by atoms with van der Waals surface area (Å²) in [4.78, 5) is 0. The lowest BCUT2D eigenvalue weighted by Crippen LogP contribution is -2.29. The van der Waals surface area contributed by atoms with Crippen molar-refractivity contribution in [3.05, 3.63) is 0 Å². The molecule has 0 heterocycles. The number of nitrogens with one attached hydrogen (secondary N) is 1. The molecule has 0 rings (SSSR count). The maximum Gasteiger partial charge on any atom is 0.139 e. The Morgan fingerprint density at radius 2 is 2.08 bits per heavy atom. The molecule has 0 saturated carbocycles. The largest absolute Gasteiger partial charge is 0.409 e. The van der Waals surface area contributed by atoms with Crippen LogP contribution in [0.3, 0.4) is 0 Å². The average Bonchev–Trinajstić information content (AvgIpc) is 2.18. The lowest BCUT2D eigenvalue weighted by Gasteiger charge is -2.13. The summed E-state index contributed by atoms with van der Waals surface area (Å²) in [6, 6.07) is 0.604. The first kappa shape index (κ1) is 12.2. The Balaban J connectivity index is 3.34. The summed E-state index contributed by atoms with van der Waals surface area (Å²) in [5, 5.41) is 14.6. The van der Waals surface area contributed by atoms with Crippen molar-refractivity contribution in [1.29, 1.82) is 0 Å². The van der Waals surface area contributed by atoms with E-state index in [1.807, 2.05) is 0 Å². The second-order valence-electron chi connectivity index (χ2n) is 3.16. The van der Waals surface area contributed by atoms with Crippen LogP contribution in [0.5, 0.6) is 0 Å². The van der Waals surface area contributed by atoms with Gasteiger partial charge in [0.05, 0.1) is 0 Å². The van der Waals surface area contributed by atoms with Crippen LogP contribution in [0.4, 0.5) is 0 Å². The summed E-state index contributed by atoms with van der Waals surface area (Å²) in [5.41, 5.74) is 5.33. The van der Waals surface area contributed by atoms with Crippen molar-refractivity contribution in [1.82, 2.24) is 5.32 Å². The predicted octanol–water partition coefficient (Wildman–Crippen LogP) is 1.29. The molecule has 0 aliphatic carbocycles. The van der Waals surface area contributed by atoms with Crippen molar-refractivity contribution in [3.63, 3.8) is 0 Å². The van der Waals surface area contributed by atoms with Crippen molar-refractivity contribution >= 4 is 5.84 Å². The van der Waals surface area contributed by atoms with Crippen molar-refractivity contribution < 1.29 is 5.21 Å². The molecule has 0 radical (unpaired) electrons. The van der Waals surface area contributed by atoms with Crippen molar-refractivity contribution in [2.24, 2.45) is 10.9 Å². The van der Waals surface area contributed by atoms with Gasteiger partial charge in [-0.2, -0.15) is 0 Å². The molecule has 78 valence electrons. The molecular weight excluding hydrogens is 166 g/mol. The second-order valence-corrected chi connectivity index (χ2v) is 3.16. The molecule has 0 unspecified atom stereocenters. The van der Waals surface area contributed by atoms with Gasteiger partial charge in [0.2, 0.25) is 0 Å². The molecule has 0 atom stereocenters. The van der Waals surface area contributed by atoms with Crippen LogP contribution in [-0.4, -0.2) is 23.6 Å². The second kappa shape index (κ2) is 7.86. The molecular formula is C9H21N3O. The summed E-state index contributed by atoms with van der Waals surface area (Å²) in [6.45, 7) is 5.28. The molecule has 0 aliphatic heterocycles. The van der Waals surface area contributed by atoms with E-state index < -0.39 is 0 Å². The quantitative estimate of drug-likeness (QED) is 0.185. The first-order chi connectivity index (χ1) is 6.24. The maximum atomic E-state index is 8.28. The van der Waals surface area contributed by atoms with E-state index in [-0.39, 0.29) is 0 Å². The Labute approximate surface area is 80.2 Å². The van der Waals surface area contributed by atoms with Crippen molar-refractivity contribution in [2.75, 3.05) is 6.54 Å². The van der Waals surface area contributed by atoms with Crippen LogP contribution < -0.4 is 11.1 Å². The highest BCUT2D eigenvalue weighted by atomic mass is 16.4. The van der Waals surface area contributed by atoms with Gasteiger partial charge in [0.25, 0.3) is 0 Å². The predicted molar refractivity (Wildman–Crippen MR) is 55.0 cm³/mol. The third-order valence-corrected chi connectivity index (χ3v) is 2.16. The zero-order valence-electron chi connectivity index (χ0n) is 8.58. The number of rotatable bonds is 7. The Bertz CT molecular complexity index is 144. The van der Waals surface area contributed by atoms with Gasteiger partial charge in [0.15, 0.2) is 0 Å². The van der Waals surface area contributed by atoms with E-state index in [1.54, 1.807) is 0 Å². The van der Waals surface area contributed by atoms with Gasteiger partial charge in [-0.25, -0.2) is 0 Å². The van der Waals surface area contributed by atoms with Crippen LogP contribution in [0.15, 0.2) is 5.16 Å². The summed E-state index contributed by atoms with van der Waals surface area (Å²) >= 11 is 0. The van der Waals surface area contributed by atoms with Gasteiger partial charge >= 0.3 is 0 Å². The Kier molecular flexibility index (Phi) is 7.39. The summed E-state index contributed by atoms with van der Waals surface area (Å²) in [6.07, 6.45) is 3.89. The molecule has 4 nitrogen and oxygen atoms in total. The van der Waals surface area contributed by atoms with E-state index in [1.165, 1.54) is 0 Å². The molecule has 0 fully saturated rings. The molecule has 13 heavy (non-hydrogen) atoms. The minimum Gasteiger partial charge on any atom is -0.409 e. The Morgan fingerprint density at radius 3 is 2.54 bits per heavy atom. The third kappa shape index (κ3) is 6.40. The topological polar surface area (TPSA) is 70.6 Å². The number of nitrogens with two attached hydrogens (primary N) is 1. The SMILES string of the molecule is CCC(CC)NCCCC(N)=NO. The van der Waals surface area contributed by atoms with Crippen LogP contribution in [0.2, 0.25) is 0 Å². The van der Waals surface area contributed by atoms with Gasteiger partial charge in [-0.15, -0.1) is 0 Å². The van der Waals surface area contributed by atoms with Gasteiger partial charge in [-0.3, -0.25) is 0 Å². The van der Waals surface area contributed by atoms with E-state index in [9.17, 15) is 0 Å². The third-order valence-electron chi connectivity index (χ3n) is 2.16. The molecule has 0 aromatic carbocycles. The van der Waals surface area contributed by atoms with Gasteiger partial charge in [-0.1, -0.05) is 19.0 Å². The summed E-state index contributed by atoms with van der Waals surface area (Å²) in [5.74, 6) is 0.311. The fraction of sp³-hybridized carbons (Fsp3) is 0.889. The summed E-state index contributed by atoms with van der Waals surface area (Å²) < 4.78 is 0. The molecule has 4 N–H and O–H groups in total. The smallest absolute Gasteiger partial charge is 0.139 e. The molecule has 0 saturated heterocycles. The van der Waals surface area contributed by atoms with E-state index in [4.69, 9.17) is 10.9 Å². The van der Waals surface area contributed by atoms with E-state index in [2.05, 4.69) is 24.3 Å².